The molecule has 3 amide bonds. The first kappa shape index (κ1) is 24.3. The van der Waals surface area contributed by atoms with Gasteiger partial charge in [-0.15, -0.1) is 0 Å². The van der Waals surface area contributed by atoms with Crippen molar-refractivity contribution in [3.8, 4) is 16.9 Å². The minimum Gasteiger partial charge on any atom is -0.490 e. The highest BCUT2D eigenvalue weighted by Crippen LogP contribution is 2.44. The summed E-state index contributed by atoms with van der Waals surface area (Å²) < 4.78 is 11.9. The number of hydrogen-bond donors (Lipinski definition) is 1. The second-order valence-electron chi connectivity index (χ2n) is 9.53. The number of carbonyl (C=O) groups is 3. The minimum atomic E-state index is -0.372. The van der Waals surface area contributed by atoms with Crippen molar-refractivity contribution in [3.63, 3.8) is 0 Å². The highest BCUT2D eigenvalue weighted by atomic mass is 32.2. The fraction of sp³-hybridized carbons (Fsp3) is 0.233. The SMILES string of the molecule is O=C1NC(=O)C(=Cc2ccc(OC3CCN(C(=O)OCC4c5ccccc5-c5ccccc54)CC3)cc2)S1. The Labute approximate surface area is 224 Å². The van der Waals surface area contributed by atoms with Gasteiger partial charge in [0, 0.05) is 31.8 Å². The molecule has 0 atom stereocenters. The number of fused-ring (bicyclic) bond motifs is 3. The monoisotopic (exact) mass is 526 g/mol. The van der Waals surface area contributed by atoms with Crippen molar-refractivity contribution < 1.29 is 23.9 Å². The summed E-state index contributed by atoms with van der Waals surface area (Å²) in [5.41, 5.74) is 5.65. The standard InChI is InChI=1S/C30H26N2O5S/c33-28-27(38-29(34)31-28)17-19-9-11-20(12-10-19)37-21-13-15-32(16-14-21)30(35)36-18-26-24-7-3-1-5-22(24)23-6-2-4-8-25(23)26/h1-12,17,21,26H,13-16,18H2,(H,31,33,34). The largest absolute Gasteiger partial charge is 0.490 e. The van der Waals surface area contributed by atoms with Gasteiger partial charge in [-0.1, -0.05) is 60.7 Å². The van der Waals surface area contributed by atoms with Crippen LogP contribution in [-0.2, 0) is 9.53 Å². The van der Waals surface area contributed by atoms with Crippen molar-refractivity contribution in [2.24, 2.45) is 0 Å². The number of benzene rings is 3. The summed E-state index contributed by atoms with van der Waals surface area (Å²) in [6.45, 7) is 1.47. The van der Waals surface area contributed by atoms with Gasteiger partial charge in [-0.25, -0.2) is 4.79 Å². The van der Waals surface area contributed by atoms with E-state index in [9.17, 15) is 14.4 Å². The molecule has 38 heavy (non-hydrogen) atoms. The average Bonchev–Trinajstić information content (AvgIpc) is 3.44. The number of imide groups is 1. The van der Waals surface area contributed by atoms with E-state index < -0.39 is 0 Å². The topological polar surface area (TPSA) is 84.9 Å². The quantitative estimate of drug-likeness (QED) is 0.423. The van der Waals surface area contributed by atoms with Crippen LogP contribution in [0.25, 0.3) is 17.2 Å². The third-order valence-electron chi connectivity index (χ3n) is 7.16. The van der Waals surface area contributed by atoms with Crippen molar-refractivity contribution >= 4 is 35.1 Å². The molecule has 0 spiro atoms. The lowest BCUT2D eigenvalue weighted by atomic mass is 9.98. The molecule has 1 aliphatic carbocycles. The molecular weight excluding hydrogens is 500 g/mol. The second kappa shape index (κ2) is 10.4. The molecule has 3 aliphatic rings. The number of hydrogen-bond acceptors (Lipinski definition) is 6. The van der Waals surface area contributed by atoms with E-state index >= 15 is 0 Å². The zero-order chi connectivity index (χ0) is 26.1. The van der Waals surface area contributed by atoms with Crippen molar-refractivity contribution in [2.75, 3.05) is 19.7 Å². The lowest BCUT2D eigenvalue weighted by Crippen LogP contribution is -2.42. The Hall–Kier alpha value is -4.04. The molecule has 0 aromatic heterocycles. The molecule has 2 aliphatic heterocycles. The highest BCUT2D eigenvalue weighted by Gasteiger charge is 2.31. The van der Waals surface area contributed by atoms with E-state index in [0.29, 0.717) is 24.6 Å². The van der Waals surface area contributed by atoms with Gasteiger partial charge in [0.25, 0.3) is 11.1 Å². The molecular formula is C30H26N2O5S. The van der Waals surface area contributed by atoms with E-state index in [1.807, 2.05) is 48.5 Å². The van der Waals surface area contributed by atoms with Crippen LogP contribution in [0.2, 0.25) is 0 Å². The van der Waals surface area contributed by atoms with Crippen LogP contribution >= 0.6 is 11.8 Å². The van der Waals surface area contributed by atoms with Crippen molar-refractivity contribution in [2.45, 2.75) is 24.9 Å². The number of rotatable bonds is 5. The lowest BCUT2D eigenvalue weighted by Gasteiger charge is -2.31. The van der Waals surface area contributed by atoms with E-state index in [-0.39, 0.29) is 29.3 Å². The third-order valence-corrected chi connectivity index (χ3v) is 7.97. The third kappa shape index (κ3) is 4.91. The van der Waals surface area contributed by atoms with Crippen molar-refractivity contribution in [3.05, 3.63) is 94.4 Å². The number of piperidine rings is 1. The number of thioether (sulfide) groups is 1. The van der Waals surface area contributed by atoms with E-state index in [4.69, 9.17) is 9.47 Å². The number of nitrogens with zero attached hydrogens (tertiary/aromatic N) is 1. The molecule has 0 unspecified atom stereocenters. The molecule has 7 nitrogen and oxygen atoms in total. The molecule has 3 aromatic carbocycles. The van der Waals surface area contributed by atoms with Crippen LogP contribution in [-0.4, -0.2) is 47.9 Å². The van der Waals surface area contributed by atoms with Gasteiger partial charge in [0.05, 0.1) is 4.91 Å². The Morgan fingerprint density at radius 1 is 0.921 bits per heavy atom. The molecule has 0 radical (unpaired) electrons. The minimum absolute atomic E-state index is 0.00521. The summed E-state index contributed by atoms with van der Waals surface area (Å²) in [4.78, 5) is 38.0. The van der Waals surface area contributed by atoms with Crippen molar-refractivity contribution in [1.82, 2.24) is 10.2 Å². The van der Waals surface area contributed by atoms with E-state index in [0.717, 1.165) is 35.9 Å². The summed E-state index contributed by atoms with van der Waals surface area (Å²) in [7, 11) is 0. The Bertz CT molecular complexity index is 1380. The molecule has 0 bridgehead atoms. The van der Waals surface area contributed by atoms with E-state index in [2.05, 4.69) is 29.6 Å². The Morgan fingerprint density at radius 3 is 2.16 bits per heavy atom. The molecule has 2 fully saturated rings. The fourth-order valence-corrected chi connectivity index (χ4v) is 5.93. The van der Waals surface area contributed by atoms with Gasteiger partial charge in [0.15, 0.2) is 0 Å². The second-order valence-corrected chi connectivity index (χ2v) is 10.5. The first-order chi connectivity index (χ1) is 18.5. The molecule has 6 rings (SSSR count). The van der Waals surface area contributed by atoms with Gasteiger partial charge in [-0.05, 0) is 57.8 Å². The van der Waals surface area contributed by atoms with Crippen LogP contribution in [0.3, 0.4) is 0 Å². The molecule has 2 saturated heterocycles. The highest BCUT2D eigenvalue weighted by molar-refractivity contribution is 8.18. The van der Waals surface area contributed by atoms with Crippen LogP contribution in [0.15, 0.2) is 77.7 Å². The van der Waals surface area contributed by atoms with Gasteiger partial charge in [-0.3, -0.25) is 14.9 Å². The lowest BCUT2D eigenvalue weighted by molar-refractivity contribution is -0.115. The Morgan fingerprint density at radius 2 is 1.55 bits per heavy atom. The van der Waals surface area contributed by atoms with E-state index in [1.54, 1.807) is 11.0 Å². The summed E-state index contributed by atoms with van der Waals surface area (Å²) >= 11 is 0.896. The zero-order valence-corrected chi connectivity index (χ0v) is 21.4. The Kier molecular flexibility index (Phi) is 6.64. The number of amides is 3. The summed E-state index contributed by atoms with van der Waals surface area (Å²) in [5, 5.41) is 1.89. The molecule has 8 heteroatoms. The van der Waals surface area contributed by atoms with E-state index in [1.165, 1.54) is 22.3 Å². The summed E-state index contributed by atoms with van der Waals surface area (Å²) in [6, 6.07) is 24.0. The zero-order valence-electron chi connectivity index (χ0n) is 20.6. The summed E-state index contributed by atoms with van der Waals surface area (Å²) in [6.07, 6.45) is 2.84. The molecule has 2 heterocycles. The number of carbonyl (C=O) groups excluding carboxylic acids is 3. The predicted octanol–water partition coefficient (Wildman–Crippen LogP) is 5.80. The fourth-order valence-electron chi connectivity index (χ4n) is 5.25. The van der Waals surface area contributed by atoms with Gasteiger partial charge in [-0.2, -0.15) is 0 Å². The van der Waals surface area contributed by atoms with Crippen LogP contribution in [0, 0.1) is 0 Å². The summed E-state index contributed by atoms with van der Waals surface area (Å²) in [5.74, 6) is 0.405. The smallest absolute Gasteiger partial charge is 0.409 e. The van der Waals surface area contributed by atoms with Gasteiger partial charge < -0.3 is 14.4 Å². The maximum absolute atomic E-state index is 12.9. The number of nitrogens with one attached hydrogen (secondary N) is 1. The van der Waals surface area contributed by atoms with Crippen LogP contribution in [0.4, 0.5) is 9.59 Å². The number of ether oxygens (including phenoxy) is 2. The normalized spacial score (nSPS) is 18.3. The van der Waals surface area contributed by atoms with Gasteiger partial charge in [0.1, 0.15) is 18.5 Å². The molecule has 3 aromatic rings. The van der Waals surface area contributed by atoms with Crippen LogP contribution in [0.5, 0.6) is 5.75 Å². The van der Waals surface area contributed by atoms with Gasteiger partial charge in [0.2, 0.25) is 0 Å². The first-order valence-corrected chi connectivity index (χ1v) is 13.5. The molecule has 0 saturated carbocycles. The van der Waals surface area contributed by atoms with Gasteiger partial charge >= 0.3 is 6.09 Å². The molecule has 1 N–H and O–H groups in total. The predicted molar refractivity (Wildman–Crippen MR) is 146 cm³/mol. The first-order valence-electron chi connectivity index (χ1n) is 12.7. The van der Waals surface area contributed by atoms with Crippen LogP contribution in [0.1, 0.15) is 35.4 Å². The maximum Gasteiger partial charge on any atom is 0.409 e. The average molecular weight is 527 g/mol. The number of likely N-dealkylation sites (tertiary alicyclic amines) is 1. The molecule has 192 valence electrons. The maximum atomic E-state index is 12.9. The Balaban J connectivity index is 1.00. The van der Waals surface area contributed by atoms with Crippen LogP contribution < -0.4 is 10.1 Å². The van der Waals surface area contributed by atoms with Crippen molar-refractivity contribution in [1.29, 1.82) is 0 Å².